The lowest BCUT2D eigenvalue weighted by Gasteiger charge is -2.37. The lowest BCUT2D eigenvalue weighted by molar-refractivity contribution is 0.290. The first-order chi connectivity index (χ1) is 15.8. The fraction of sp³-hybridized carbons (Fsp3) is 0.280. The Morgan fingerprint density at radius 3 is 2.42 bits per heavy atom. The van der Waals surface area contributed by atoms with Gasteiger partial charge in [-0.25, -0.2) is 8.42 Å². The van der Waals surface area contributed by atoms with Gasteiger partial charge < -0.3 is 14.6 Å². The van der Waals surface area contributed by atoms with Crippen molar-refractivity contribution >= 4 is 26.0 Å². The van der Waals surface area contributed by atoms with Crippen LogP contribution in [-0.4, -0.2) is 38.6 Å². The molecular formula is C25H26BrNO5S. The molecule has 6 nitrogen and oxygen atoms in total. The summed E-state index contributed by atoms with van der Waals surface area (Å²) in [6.45, 7) is 2.16. The molecule has 0 unspecified atom stereocenters. The van der Waals surface area contributed by atoms with Crippen LogP contribution in [0, 0.1) is 6.92 Å². The quantitative estimate of drug-likeness (QED) is 0.483. The van der Waals surface area contributed by atoms with Crippen molar-refractivity contribution in [1.29, 1.82) is 0 Å². The van der Waals surface area contributed by atoms with E-state index in [-0.39, 0.29) is 22.9 Å². The SMILES string of the molecule is COc1cc2c(c(O)c1OC)CCN(S(=O)(=O)c1ccc(C)cc1)[C@@H]2Cc1ccccc1Br. The minimum atomic E-state index is -3.79. The minimum absolute atomic E-state index is 0.00337. The van der Waals surface area contributed by atoms with E-state index in [1.165, 1.54) is 18.5 Å². The van der Waals surface area contributed by atoms with Crippen LogP contribution in [0.1, 0.15) is 28.3 Å². The van der Waals surface area contributed by atoms with Crippen LogP contribution in [0.5, 0.6) is 17.2 Å². The number of hydrogen-bond acceptors (Lipinski definition) is 5. The molecule has 0 amide bonds. The van der Waals surface area contributed by atoms with Crippen LogP contribution in [-0.2, 0) is 22.9 Å². The summed E-state index contributed by atoms with van der Waals surface area (Å²) in [5, 5.41) is 10.9. The maximum Gasteiger partial charge on any atom is 0.243 e. The van der Waals surface area contributed by atoms with Gasteiger partial charge in [-0.05, 0) is 55.2 Å². The molecule has 1 aliphatic rings. The molecule has 174 valence electrons. The molecule has 1 heterocycles. The molecule has 3 aromatic carbocycles. The lowest BCUT2D eigenvalue weighted by Crippen LogP contribution is -2.41. The summed E-state index contributed by atoms with van der Waals surface area (Å²) >= 11 is 3.59. The molecule has 0 aliphatic carbocycles. The molecule has 0 bridgehead atoms. The van der Waals surface area contributed by atoms with Gasteiger partial charge in [-0.15, -0.1) is 0 Å². The van der Waals surface area contributed by atoms with Gasteiger partial charge in [-0.2, -0.15) is 4.31 Å². The maximum absolute atomic E-state index is 13.8. The third-order valence-corrected chi connectivity index (χ3v) is 8.77. The Morgan fingerprint density at radius 1 is 1.09 bits per heavy atom. The van der Waals surface area contributed by atoms with E-state index in [0.717, 1.165) is 15.6 Å². The highest BCUT2D eigenvalue weighted by molar-refractivity contribution is 9.10. The summed E-state index contributed by atoms with van der Waals surface area (Å²) in [4.78, 5) is 0.248. The first kappa shape index (κ1) is 23.6. The molecule has 1 aliphatic heterocycles. The Balaban J connectivity index is 1.89. The van der Waals surface area contributed by atoms with Crippen molar-refractivity contribution in [2.45, 2.75) is 30.7 Å². The number of sulfonamides is 1. The van der Waals surface area contributed by atoms with Crippen molar-refractivity contribution in [3.63, 3.8) is 0 Å². The second-order valence-electron chi connectivity index (χ2n) is 8.02. The Bertz CT molecular complexity index is 1270. The van der Waals surface area contributed by atoms with Gasteiger partial charge >= 0.3 is 0 Å². The van der Waals surface area contributed by atoms with Crippen LogP contribution in [0.2, 0.25) is 0 Å². The van der Waals surface area contributed by atoms with Gasteiger partial charge in [0.1, 0.15) is 0 Å². The van der Waals surface area contributed by atoms with E-state index in [0.29, 0.717) is 29.7 Å². The fourth-order valence-corrected chi connectivity index (χ4v) is 6.40. The van der Waals surface area contributed by atoms with Crippen molar-refractivity contribution < 1.29 is 23.0 Å². The van der Waals surface area contributed by atoms with Crippen molar-refractivity contribution in [3.8, 4) is 17.2 Å². The molecule has 1 N–H and O–H groups in total. The number of methoxy groups -OCH3 is 2. The zero-order valence-electron chi connectivity index (χ0n) is 18.7. The van der Waals surface area contributed by atoms with E-state index >= 15 is 0 Å². The number of aryl methyl sites for hydroxylation is 1. The third-order valence-electron chi connectivity index (χ3n) is 6.07. The number of fused-ring (bicyclic) bond motifs is 1. The third kappa shape index (κ3) is 4.35. The predicted molar refractivity (Wildman–Crippen MR) is 131 cm³/mol. The highest BCUT2D eigenvalue weighted by Gasteiger charge is 2.39. The minimum Gasteiger partial charge on any atom is -0.504 e. The average Bonchev–Trinajstić information content (AvgIpc) is 2.80. The van der Waals surface area contributed by atoms with Gasteiger partial charge in [0.25, 0.3) is 0 Å². The number of phenols is 1. The Labute approximate surface area is 203 Å². The zero-order chi connectivity index (χ0) is 23.8. The van der Waals surface area contributed by atoms with Crippen LogP contribution in [0.4, 0.5) is 0 Å². The molecule has 1 atom stereocenters. The van der Waals surface area contributed by atoms with E-state index in [4.69, 9.17) is 9.47 Å². The second-order valence-corrected chi connectivity index (χ2v) is 10.8. The first-order valence-electron chi connectivity index (χ1n) is 10.6. The van der Waals surface area contributed by atoms with Crippen molar-refractivity contribution in [2.24, 2.45) is 0 Å². The molecule has 8 heteroatoms. The smallest absolute Gasteiger partial charge is 0.243 e. The van der Waals surface area contributed by atoms with Gasteiger partial charge in [-0.3, -0.25) is 0 Å². The highest BCUT2D eigenvalue weighted by atomic mass is 79.9. The van der Waals surface area contributed by atoms with Gasteiger partial charge in [0, 0.05) is 16.6 Å². The summed E-state index contributed by atoms with van der Waals surface area (Å²) in [5.41, 5.74) is 3.35. The van der Waals surface area contributed by atoms with Crippen LogP contribution in [0.25, 0.3) is 0 Å². The van der Waals surface area contributed by atoms with E-state index in [2.05, 4.69) is 15.9 Å². The van der Waals surface area contributed by atoms with E-state index in [9.17, 15) is 13.5 Å². The van der Waals surface area contributed by atoms with Crippen molar-refractivity contribution in [2.75, 3.05) is 20.8 Å². The summed E-state index contributed by atoms with van der Waals surface area (Å²) in [7, 11) is -0.820. The number of aromatic hydroxyl groups is 1. The summed E-state index contributed by atoms with van der Waals surface area (Å²) in [6.07, 6.45) is 0.785. The fourth-order valence-electron chi connectivity index (χ4n) is 4.34. The number of ether oxygens (including phenoxy) is 2. The molecule has 0 fully saturated rings. The summed E-state index contributed by atoms with van der Waals surface area (Å²) < 4.78 is 40.8. The molecule has 3 aromatic rings. The van der Waals surface area contributed by atoms with Crippen LogP contribution in [0.15, 0.2) is 64.0 Å². The van der Waals surface area contributed by atoms with Gasteiger partial charge in [0.2, 0.25) is 15.8 Å². The Kier molecular flexibility index (Phi) is 6.70. The normalized spacial score (nSPS) is 16.3. The van der Waals surface area contributed by atoms with Crippen LogP contribution >= 0.6 is 15.9 Å². The van der Waals surface area contributed by atoms with Crippen molar-refractivity contribution in [1.82, 2.24) is 4.31 Å². The molecule has 33 heavy (non-hydrogen) atoms. The predicted octanol–water partition coefficient (Wildman–Crippen LogP) is 5.01. The number of phenolic OH excluding ortho intramolecular Hbond substituents is 1. The van der Waals surface area contributed by atoms with Gasteiger partial charge in [0.05, 0.1) is 25.2 Å². The highest BCUT2D eigenvalue weighted by Crippen LogP contribution is 2.48. The second kappa shape index (κ2) is 9.37. The molecule has 0 aromatic heterocycles. The van der Waals surface area contributed by atoms with Crippen molar-refractivity contribution in [3.05, 3.63) is 81.3 Å². The molecule has 0 saturated heterocycles. The maximum atomic E-state index is 13.8. The Hall–Kier alpha value is -2.55. The first-order valence-corrected chi connectivity index (χ1v) is 12.8. The van der Waals surface area contributed by atoms with Crippen LogP contribution < -0.4 is 9.47 Å². The number of benzene rings is 3. The van der Waals surface area contributed by atoms with Gasteiger partial charge in [0.15, 0.2) is 11.5 Å². The molecular weight excluding hydrogens is 506 g/mol. The topological polar surface area (TPSA) is 76.1 Å². The summed E-state index contributed by atoms with van der Waals surface area (Å²) in [6, 6.07) is 15.9. The Morgan fingerprint density at radius 2 is 1.79 bits per heavy atom. The molecule has 0 spiro atoms. The monoisotopic (exact) mass is 531 g/mol. The molecule has 4 rings (SSSR count). The number of nitrogens with zero attached hydrogens (tertiary/aromatic N) is 1. The number of hydrogen-bond donors (Lipinski definition) is 1. The number of halogens is 1. The van der Waals surface area contributed by atoms with Gasteiger partial charge in [-0.1, -0.05) is 51.8 Å². The molecule has 0 radical (unpaired) electrons. The standard InChI is InChI=1S/C25H26BrNO5S/c1-16-8-10-18(11-9-16)33(29,30)27-13-12-19-20(15-23(31-2)25(32-3)24(19)28)22(27)14-17-6-4-5-7-21(17)26/h4-11,15,22,28H,12-14H2,1-3H3/t22-/m1/s1. The van der Waals surface area contributed by atoms with Crippen LogP contribution in [0.3, 0.4) is 0 Å². The zero-order valence-corrected chi connectivity index (χ0v) is 21.1. The van der Waals surface area contributed by atoms with E-state index in [1.807, 2.05) is 31.2 Å². The number of rotatable bonds is 6. The lowest BCUT2D eigenvalue weighted by atomic mass is 9.89. The largest absolute Gasteiger partial charge is 0.504 e. The van der Waals surface area contributed by atoms with E-state index < -0.39 is 16.1 Å². The molecule has 0 saturated carbocycles. The summed E-state index contributed by atoms with van der Waals surface area (Å²) in [5.74, 6) is 0.613. The average molecular weight is 532 g/mol. The van der Waals surface area contributed by atoms with E-state index in [1.54, 1.807) is 30.3 Å².